The molecule has 0 N–H and O–H groups in total. The van der Waals surface area contributed by atoms with Gasteiger partial charge in [-0.1, -0.05) is 15.9 Å². The van der Waals surface area contributed by atoms with Crippen LogP contribution < -0.4 is 9.47 Å². The van der Waals surface area contributed by atoms with Crippen molar-refractivity contribution < 1.29 is 19.0 Å². The van der Waals surface area contributed by atoms with Crippen LogP contribution in [0, 0.1) is 5.41 Å². The average molecular weight is 396 g/mol. The first kappa shape index (κ1) is 15.3. The summed E-state index contributed by atoms with van der Waals surface area (Å²) in [5.74, 6) is 0.935. The second-order valence-corrected chi connectivity index (χ2v) is 7.71. The molecule has 1 aliphatic heterocycles. The van der Waals surface area contributed by atoms with Gasteiger partial charge in [0.25, 0.3) is 0 Å². The van der Waals surface area contributed by atoms with Crippen molar-refractivity contribution in [1.82, 2.24) is 0 Å². The molecule has 0 bridgehead atoms. The molecule has 2 aliphatic rings. The lowest BCUT2D eigenvalue weighted by molar-refractivity contribution is -0.151. The molecule has 0 spiro atoms. The lowest BCUT2D eigenvalue weighted by Crippen LogP contribution is -2.21. The molecule has 1 aliphatic carbocycles. The number of fused-ring (bicyclic) bond motifs is 1. The first-order valence-corrected chi connectivity index (χ1v) is 8.01. The Kier molecular flexibility index (Phi) is 3.79. The molecule has 0 unspecified atom stereocenters. The minimum Gasteiger partial charge on any atom is -0.486 e. The smallest absolute Gasteiger partial charge is 0.315 e. The summed E-state index contributed by atoms with van der Waals surface area (Å²) in [6, 6.07) is 3.61. The lowest BCUT2D eigenvalue weighted by Gasteiger charge is -2.20. The maximum Gasteiger partial charge on any atom is 0.315 e. The van der Waals surface area contributed by atoms with E-state index in [0.717, 1.165) is 10.0 Å². The molecular weight excluding hydrogens is 383 g/mol. The van der Waals surface area contributed by atoms with Crippen molar-refractivity contribution in [2.75, 3.05) is 13.2 Å². The van der Waals surface area contributed by atoms with Gasteiger partial charge < -0.3 is 14.2 Å². The van der Waals surface area contributed by atoms with Crippen molar-refractivity contribution in [1.29, 1.82) is 0 Å². The van der Waals surface area contributed by atoms with Gasteiger partial charge in [-0.25, -0.2) is 0 Å². The zero-order valence-electron chi connectivity index (χ0n) is 11.3. The first-order chi connectivity index (χ1) is 9.83. The standard InChI is InChI=1S/C14H13BrCl2O4/c1-13(7-14(13,16)17)12(18)21-6-8-4-10-11(5-9(8)15)20-3-2-19-10/h4-5H,2-3,6-7H2,1H3/t13-/m1/s1. The number of ether oxygens (including phenoxy) is 3. The summed E-state index contributed by atoms with van der Waals surface area (Å²) in [6.07, 6.45) is 0.407. The third kappa shape index (κ3) is 2.71. The van der Waals surface area contributed by atoms with Gasteiger partial charge in [0, 0.05) is 16.5 Å². The Labute approximate surface area is 140 Å². The number of halogens is 3. The van der Waals surface area contributed by atoms with Gasteiger partial charge in [0.15, 0.2) is 11.5 Å². The number of benzene rings is 1. The fourth-order valence-corrected chi connectivity index (χ4v) is 3.27. The zero-order valence-corrected chi connectivity index (χ0v) is 14.3. The van der Waals surface area contributed by atoms with Crippen LogP contribution in [0.2, 0.25) is 0 Å². The third-order valence-corrected chi connectivity index (χ3v) is 5.62. The molecular formula is C14H13BrCl2O4. The predicted molar refractivity (Wildman–Crippen MR) is 82.1 cm³/mol. The highest BCUT2D eigenvalue weighted by atomic mass is 79.9. The van der Waals surface area contributed by atoms with Crippen LogP contribution in [0.5, 0.6) is 11.5 Å². The number of hydrogen-bond acceptors (Lipinski definition) is 4. The van der Waals surface area contributed by atoms with Crippen LogP contribution in [0.3, 0.4) is 0 Å². The highest BCUT2D eigenvalue weighted by Gasteiger charge is 2.69. The van der Waals surface area contributed by atoms with E-state index in [1.54, 1.807) is 13.0 Å². The minimum absolute atomic E-state index is 0.121. The van der Waals surface area contributed by atoms with Crippen molar-refractivity contribution in [3.63, 3.8) is 0 Å². The Bertz CT molecular complexity index is 605. The van der Waals surface area contributed by atoms with Crippen molar-refractivity contribution >= 4 is 45.1 Å². The highest BCUT2D eigenvalue weighted by Crippen LogP contribution is 2.64. The molecule has 114 valence electrons. The van der Waals surface area contributed by atoms with E-state index in [2.05, 4.69) is 15.9 Å². The van der Waals surface area contributed by atoms with Gasteiger partial charge in [0.2, 0.25) is 0 Å². The van der Waals surface area contributed by atoms with E-state index in [-0.39, 0.29) is 6.61 Å². The normalized spacial score (nSPS) is 25.3. The molecule has 1 fully saturated rings. The summed E-state index contributed by atoms with van der Waals surface area (Å²) in [5.41, 5.74) is -0.0252. The van der Waals surface area contributed by atoms with Gasteiger partial charge in [-0.3, -0.25) is 4.79 Å². The minimum atomic E-state index is -1.02. The van der Waals surface area contributed by atoms with E-state index in [0.29, 0.717) is 31.1 Å². The average Bonchev–Trinajstić information content (AvgIpc) is 2.96. The fourth-order valence-electron chi connectivity index (χ4n) is 2.14. The number of carbonyl (C=O) groups is 1. The van der Waals surface area contributed by atoms with E-state index >= 15 is 0 Å². The maximum atomic E-state index is 12.1. The van der Waals surface area contributed by atoms with Crippen LogP contribution in [-0.2, 0) is 16.1 Å². The molecule has 3 rings (SSSR count). The van der Waals surface area contributed by atoms with Crippen LogP contribution >= 0.6 is 39.1 Å². The molecule has 0 amide bonds. The van der Waals surface area contributed by atoms with Gasteiger partial charge >= 0.3 is 5.97 Å². The predicted octanol–water partition coefficient (Wildman–Crippen LogP) is 3.85. The van der Waals surface area contributed by atoms with Gasteiger partial charge in [-0.05, 0) is 19.1 Å². The van der Waals surface area contributed by atoms with E-state index in [1.807, 2.05) is 6.07 Å². The Morgan fingerprint density at radius 2 is 1.90 bits per heavy atom. The van der Waals surface area contributed by atoms with Crippen LogP contribution in [0.1, 0.15) is 18.9 Å². The second kappa shape index (κ2) is 5.21. The van der Waals surface area contributed by atoms with Gasteiger partial charge in [0.05, 0.1) is 0 Å². The number of hydrogen-bond donors (Lipinski definition) is 0. The van der Waals surface area contributed by atoms with Crippen molar-refractivity contribution in [3.05, 3.63) is 22.2 Å². The van der Waals surface area contributed by atoms with Crippen LogP contribution in [0.4, 0.5) is 0 Å². The Balaban J connectivity index is 1.70. The second-order valence-electron chi connectivity index (χ2n) is 5.38. The SMILES string of the molecule is C[C@]1(C(=O)OCc2cc3c(cc2Br)OCCO3)CC1(Cl)Cl. The van der Waals surface area contributed by atoms with E-state index in [9.17, 15) is 4.79 Å². The van der Waals surface area contributed by atoms with Gasteiger partial charge in [-0.2, -0.15) is 0 Å². The van der Waals surface area contributed by atoms with Crippen molar-refractivity contribution in [2.45, 2.75) is 24.3 Å². The van der Waals surface area contributed by atoms with Crippen LogP contribution in [0.25, 0.3) is 0 Å². The molecule has 4 nitrogen and oxygen atoms in total. The molecule has 1 atom stereocenters. The van der Waals surface area contributed by atoms with Gasteiger partial charge in [0.1, 0.15) is 29.6 Å². The monoisotopic (exact) mass is 394 g/mol. The summed E-state index contributed by atoms with van der Waals surface area (Å²) in [4.78, 5) is 12.1. The molecule has 0 radical (unpaired) electrons. The zero-order chi connectivity index (χ0) is 15.3. The summed E-state index contributed by atoms with van der Waals surface area (Å²) in [7, 11) is 0. The number of rotatable bonds is 3. The molecule has 0 aromatic heterocycles. The molecule has 7 heteroatoms. The summed E-state index contributed by atoms with van der Waals surface area (Å²) in [6.45, 7) is 2.86. The van der Waals surface area contributed by atoms with Crippen molar-refractivity contribution in [3.8, 4) is 11.5 Å². The molecule has 0 saturated heterocycles. The number of alkyl halides is 2. The molecule has 1 heterocycles. The number of esters is 1. The first-order valence-electron chi connectivity index (χ1n) is 6.46. The quantitative estimate of drug-likeness (QED) is 0.576. The molecule has 1 aromatic carbocycles. The van der Waals surface area contributed by atoms with Crippen molar-refractivity contribution in [2.24, 2.45) is 5.41 Å². The largest absolute Gasteiger partial charge is 0.486 e. The Morgan fingerprint density at radius 3 is 2.48 bits per heavy atom. The molecule has 1 aromatic rings. The Hall–Kier alpha value is -0.650. The van der Waals surface area contributed by atoms with E-state index < -0.39 is 15.7 Å². The van der Waals surface area contributed by atoms with E-state index in [1.165, 1.54) is 0 Å². The maximum absolute atomic E-state index is 12.1. The summed E-state index contributed by atoms with van der Waals surface area (Å²) in [5, 5.41) is 0. The van der Waals surface area contributed by atoms with Crippen LogP contribution in [-0.4, -0.2) is 23.5 Å². The topological polar surface area (TPSA) is 44.8 Å². The highest BCUT2D eigenvalue weighted by molar-refractivity contribution is 9.10. The Morgan fingerprint density at radius 1 is 1.33 bits per heavy atom. The molecule has 21 heavy (non-hydrogen) atoms. The van der Waals surface area contributed by atoms with Gasteiger partial charge in [-0.15, -0.1) is 23.2 Å². The van der Waals surface area contributed by atoms with E-state index in [4.69, 9.17) is 37.4 Å². The number of carbonyl (C=O) groups excluding carboxylic acids is 1. The lowest BCUT2D eigenvalue weighted by atomic mass is 10.1. The fraction of sp³-hybridized carbons (Fsp3) is 0.500. The summed E-state index contributed by atoms with van der Waals surface area (Å²) < 4.78 is 16.1. The summed E-state index contributed by atoms with van der Waals surface area (Å²) >= 11 is 15.4. The molecule has 1 saturated carbocycles. The van der Waals surface area contributed by atoms with Crippen LogP contribution in [0.15, 0.2) is 16.6 Å². The third-order valence-electron chi connectivity index (χ3n) is 3.78.